The molecule has 0 saturated carbocycles. The summed E-state index contributed by atoms with van der Waals surface area (Å²) in [6, 6.07) is 5.11. The SMILES string of the molecule is CCOC1CN(C(=O)OCCF)CC1Nc1nc(CC)c(-c2ccc(Cl)cc2Cl)nc1CC. The van der Waals surface area contributed by atoms with Gasteiger partial charge in [0.25, 0.3) is 0 Å². The summed E-state index contributed by atoms with van der Waals surface area (Å²) < 4.78 is 23.2. The Hall–Kier alpha value is -2.16. The van der Waals surface area contributed by atoms with Crippen molar-refractivity contribution in [3.63, 3.8) is 0 Å². The summed E-state index contributed by atoms with van der Waals surface area (Å²) >= 11 is 12.5. The van der Waals surface area contributed by atoms with Crippen LogP contribution in [0.1, 0.15) is 32.2 Å². The van der Waals surface area contributed by atoms with Crippen molar-refractivity contribution in [2.24, 2.45) is 0 Å². The number of halogens is 3. The molecule has 1 aromatic heterocycles. The number of alkyl halides is 1. The number of hydrogen-bond acceptors (Lipinski definition) is 6. The minimum Gasteiger partial charge on any atom is -0.447 e. The summed E-state index contributed by atoms with van der Waals surface area (Å²) in [4.78, 5) is 23.5. The van der Waals surface area contributed by atoms with Crippen LogP contribution >= 0.6 is 23.2 Å². The van der Waals surface area contributed by atoms with Gasteiger partial charge >= 0.3 is 6.09 Å². The van der Waals surface area contributed by atoms with Crippen molar-refractivity contribution in [2.75, 3.05) is 38.3 Å². The fourth-order valence-corrected chi connectivity index (χ4v) is 4.35. The standard InChI is InChI=1S/C23H29Cl2FN4O3/c1-4-17-21(15-8-7-14(24)11-16(15)25)27-18(5-2)22(28-17)29-19-12-30(13-20(19)32-6-3)23(31)33-10-9-26/h7-8,11,19-20H,4-6,9-10,12-13H2,1-3H3,(H,28,29). The van der Waals surface area contributed by atoms with Crippen LogP contribution in [-0.2, 0) is 22.3 Å². The third-order valence-electron chi connectivity index (χ3n) is 5.43. The van der Waals surface area contributed by atoms with Crippen LogP contribution in [0.3, 0.4) is 0 Å². The number of amides is 1. The molecular weight excluding hydrogens is 470 g/mol. The molecule has 2 unspecified atom stereocenters. The summed E-state index contributed by atoms with van der Waals surface area (Å²) in [6.07, 6.45) is 0.493. The second-order valence-corrected chi connectivity index (χ2v) is 8.44. The zero-order valence-electron chi connectivity index (χ0n) is 19.0. The Morgan fingerprint density at radius 1 is 1.18 bits per heavy atom. The molecule has 1 aliphatic rings. The molecule has 2 heterocycles. The smallest absolute Gasteiger partial charge is 0.410 e. The maximum absolute atomic E-state index is 12.4. The van der Waals surface area contributed by atoms with Crippen molar-refractivity contribution in [2.45, 2.75) is 45.8 Å². The summed E-state index contributed by atoms with van der Waals surface area (Å²) in [5, 5.41) is 4.51. The minimum absolute atomic E-state index is 0.211. The molecule has 1 amide bonds. The van der Waals surface area contributed by atoms with Gasteiger partial charge < -0.3 is 19.7 Å². The van der Waals surface area contributed by atoms with Gasteiger partial charge in [-0.25, -0.2) is 19.2 Å². The molecule has 3 rings (SSSR count). The van der Waals surface area contributed by atoms with Crippen LogP contribution in [0.5, 0.6) is 0 Å². The van der Waals surface area contributed by atoms with Gasteiger partial charge in [-0.15, -0.1) is 0 Å². The number of benzene rings is 1. The Bertz CT molecular complexity index is 979. The molecule has 0 spiro atoms. The van der Waals surface area contributed by atoms with E-state index in [0.29, 0.717) is 48.4 Å². The van der Waals surface area contributed by atoms with Gasteiger partial charge in [0.1, 0.15) is 19.1 Å². The Morgan fingerprint density at radius 3 is 2.58 bits per heavy atom. The lowest BCUT2D eigenvalue weighted by Gasteiger charge is -2.22. The molecule has 0 radical (unpaired) electrons. The average molecular weight is 499 g/mol. The van der Waals surface area contributed by atoms with Crippen LogP contribution < -0.4 is 5.32 Å². The highest BCUT2D eigenvalue weighted by atomic mass is 35.5. The highest BCUT2D eigenvalue weighted by Crippen LogP contribution is 2.33. The van der Waals surface area contributed by atoms with Gasteiger partial charge in [0.2, 0.25) is 0 Å². The van der Waals surface area contributed by atoms with Gasteiger partial charge in [0, 0.05) is 23.7 Å². The van der Waals surface area contributed by atoms with Gasteiger partial charge in [-0.2, -0.15) is 0 Å². The number of anilines is 1. The number of nitrogens with one attached hydrogen (secondary N) is 1. The Morgan fingerprint density at radius 2 is 1.94 bits per heavy atom. The van der Waals surface area contributed by atoms with Crippen LogP contribution in [-0.4, -0.2) is 66.1 Å². The summed E-state index contributed by atoms with van der Waals surface area (Å²) in [7, 11) is 0. The van der Waals surface area contributed by atoms with E-state index in [1.807, 2.05) is 26.8 Å². The monoisotopic (exact) mass is 498 g/mol. The van der Waals surface area contributed by atoms with Gasteiger partial charge in [-0.1, -0.05) is 37.0 Å². The molecule has 7 nitrogen and oxygen atoms in total. The van der Waals surface area contributed by atoms with Crippen molar-refractivity contribution >= 4 is 35.1 Å². The molecule has 2 atom stereocenters. The van der Waals surface area contributed by atoms with Gasteiger partial charge in [-0.3, -0.25) is 0 Å². The van der Waals surface area contributed by atoms with E-state index >= 15 is 0 Å². The third-order valence-corrected chi connectivity index (χ3v) is 5.97. The van der Waals surface area contributed by atoms with Crippen LogP contribution in [0.25, 0.3) is 11.3 Å². The Labute approximate surface area is 203 Å². The average Bonchev–Trinajstić information content (AvgIpc) is 3.20. The zero-order valence-corrected chi connectivity index (χ0v) is 20.5. The van der Waals surface area contributed by atoms with Gasteiger partial charge in [0.05, 0.1) is 40.8 Å². The second kappa shape index (κ2) is 11.8. The van der Waals surface area contributed by atoms with Gasteiger partial charge in [0.15, 0.2) is 0 Å². The van der Waals surface area contributed by atoms with Crippen LogP contribution in [0.15, 0.2) is 18.2 Å². The molecule has 0 bridgehead atoms. The number of nitrogens with zero attached hydrogens (tertiary/aromatic N) is 3. The van der Waals surface area contributed by atoms with Crippen molar-refractivity contribution < 1.29 is 18.7 Å². The number of ether oxygens (including phenoxy) is 2. The number of rotatable bonds is 9. The maximum atomic E-state index is 12.4. The number of aromatic nitrogens is 2. The van der Waals surface area contributed by atoms with E-state index in [-0.39, 0.29) is 18.8 Å². The first-order chi connectivity index (χ1) is 15.9. The van der Waals surface area contributed by atoms with Crippen molar-refractivity contribution in [3.8, 4) is 11.3 Å². The molecule has 33 heavy (non-hydrogen) atoms. The predicted molar refractivity (Wildman–Crippen MR) is 128 cm³/mol. The molecule has 1 fully saturated rings. The van der Waals surface area contributed by atoms with Crippen molar-refractivity contribution in [1.29, 1.82) is 0 Å². The van der Waals surface area contributed by atoms with E-state index in [1.165, 1.54) is 4.90 Å². The van der Waals surface area contributed by atoms with E-state index in [1.54, 1.807) is 12.1 Å². The Balaban J connectivity index is 1.89. The maximum Gasteiger partial charge on any atom is 0.410 e. The van der Waals surface area contributed by atoms with Crippen LogP contribution in [0.2, 0.25) is 10.0 Å². The number of carbonyl (C=O) groups is 1. The lowest BCUT2D eigenvalue weighted by Crippen LogP contribution is -2.35. The summed E-state index contributed by atoms with van der Waals surface area (Å²) in [5.74, 6) is 0.650. The normalized spacial score (nSPS) is 17.9. The predicted octanol–water partition coefficient (Wildman–Crippen LogP) is 5.18. The Kier molecular flexibility index (Phi) is 9.11. The molecule has 1 saturated heterocycles. The van der Waals surface area contributed by atoms with Crippen molar-refractivity contribution in [3.05, 3.63) is 39.6 Å². The summed E-state index contributed by atoms with van der Waals surface area (Å²) in [6.45, 7) is 6.14. The molecule has 10 heteroatoms. The zero-order chi connectivity index (χ0) is 24.0. The van der Waals surface area contributed by atoms with Crippen molar-refractivity contribution in [1.82, 2.24) is 14.9 Å². The first-order valence-corrected chi connectivity index (χ1v) is 11.9. The quantitative estimate of drug-likeness (QED) is 0.512. The molecule has 2 aromatic rings. The number of aryl methyl sites for hydroxylation is 2. The summed E-state index contributed by atoms with van der Waals surface area (Å²) in [5.41, 5.74) is 3.08. The molecule has 1 aromatic carbocycles. The number of hydrogen-bond donors (Lipinski definition) is 1. The fourth-order valence-electron chi connectivity index (χ4n) is 3.85. The largest absolute Gasteiger partial charge is 0.447 e. The third kappa shape index (κ3) is 6.05. The number of carbonyl (C=O) groups excluding carboxylic acids is 1. The molecule has 1 N–H and O–H groups in total. The highest BCUT2D eigenvalue weighted by Gasteiger charge is 2.37. The highest BCUT2D eigenvalue weighted by molar-refractivity contribution is 6.36. The minimum atomic E-state index is -0.713. The van der Waals surface area contributed by atoms with Gasteiger partial charge in [-0.05, 0) is 38.0 Å². The first-order valence-electron chi connectivity index (χ1n) is 11.1. The lowest BCUT2D eigenvalue weighted by molar-refractivity contribution is 0.0582. The lowest BCUT2D eigenvalue weighted by atomic mass is 10.1. The molecule has 180 valence electrons. The fraction of sp³-hybridized carbons (Fsp3) is 0.522. The van der Waals surface area contributed by atoms with Crippen LogP contribution in [0, 0.1) is 0 Å². The van der Waals surface area contributed by atoms with E-state index in [4.69, 9.17) is 42.6 Å². The van der Waals surface area contributed by atoms with E-state index in [9.17, 15) is 9.18 Å². The second-order valence-electron chi connectivity index (χ2n) is 7.60. The topological polar surface area (TPSA) is 76.6 Å². The van der Waals surface area contributed by atoms with E-state index in [2.05, 4.69) is 5.32 Å². The van der Waals surface area contributed by atoms with E-state index < -0.39 is 12.8 Å². The molecule has 0 aliphatic carbocycles. The number of likely N-dealkylation sites (tertiary alicyclic amines) is 1. The van der Waals surface area contributed by atoms with Crippen LogP contribution in [0.4, 0.5) is 15.0 Å². The molecular formula is C23H29Cl2FN4O3. The first kappa shape index (κ1) is 25.5. The molecule has 1 aliphatic heterocycles. The van der Waals surface area contributed by atoms with E-state index in [0.717, 1.165) is 22.6 Å².